The van der Waals surface area contributed by atoms with Gasteiger partial charge in [-0.2, -0.15) is 5.10 Å². The molecule has 0 spiro atoms. The second-order valence-electron chi connectivity index (χ2n) is 4.05. The zero-order valence-electron chi connectivity index (χ0n) is 9.55. The van der Waals surface area contributed by atoms with Crippen molar-refractivity contribution in [3.8, 4) is 0 Å². The SMILES string of the molecule is Cc1[nH]nc(CCc2cccc(Br)c2)c1C. The van der Waals surface area contributed by atoms with Crippen molar-refractivity contribution in [3.05, 3.63) is 51.3 Å². The Hall–Kier alpha value is -1.09. The van der Waals surface area contributed by atoms with Crippen LogP contribution < -0.4 is 0 Å². The second kappa shape index (κ2) is 4.83. The molecule has 0 bridgehead atoms. The number of H-pyrrole nitrogens is 1. The fourth-order valence-corrected chi connectivity index (χ4v) is 2.18. The van der Waals surface area contributed by atoms with Crippen molar-refractivity contribution in [3.63, 3.8) is 0 Å². The molecule has 1 heterocycles. The summed E-state index contributed by atoms with van der Waals surface area (Å²) in [5.74, 6) is 0. The van der Waals surface area contributed by atoms with E-state index in [2.05, 4.69) is 58.2 Å². The summed E-state index contributed by atoms with van der Waals surface area (Å²) >= 11 is 3.49. The predicted molar refractivity (Wildman–Crippen MR) is 69.6 cm³/mol. The summed E-state index contributed by atoms with van der Waals surface area (Å²) in [6.45, 7) is 4.18. The van der Waals surface area contributed by atoms with E-state index in [4.69, 9.17) is 0 Å². The van der Waals surface area contributed by atoms with Gasteiger partial charge in [0.2, 0.25) is 0 Å². The maximum atomic E-state index is 4.32. The van der Waals surface area contributed by atoms with E-state index in [1.54, 1.807) is 0 Å². The summed E-state index contributed by atoms with van der Waals surface area (Å²) in [5.41, 5.74) is 4.98. The number of aromatic nitrogens is 2. The predicted octanol–water partition coefficient (Wildman–Crippen LogP) is 3.57. The molecular formula is C13H15BrN2. The third kappa shape index (κ3) is 2.53. The average molecular weight is 279 g/mol. The molecule has 3 heteroatoms. The molecule has 2 rings (SSSR count). The monoisotopic (exact) mass is 278 g/mol. The Balaban J connectivity index is 2.05. The van der Waals surface area contributed by atoms with Crippen LogP contribution in [0.2, 0.25) is 0 Å². The van der Waals surface area contributed by atoms with Gasteiger partial charge < -0.3 is 0 Å². The van der Waals surface area contributed by atoms with E-state index >= 15 is 0 Å². The van der Waals surface area contributed by atoms with Gasteiger partial charge in [0, 0.05) is 10.2 Å². The van der Waals surface area contributed by atoms with Crippen molar-refractivity contribution in [2.24, 2.45) is 0 Å². The first kappa shape index (κ1) is 11.4. The molecule has 0 amide bonds. The van der Waals surface area contributed by atoms with Crippen LogP contribution in [-0.2, 0) is 12.8 Å². The van der Waals surface area contributed by atoms with Crippen molar-refractivity contribution in [2.45, 2.75) is 26.7 Å². The minimum Gasteiger partial charge on any atom is -0.282 e. The summed E-state index contributed by atoms with van der Waals surface area (Å²) < 4.78 is 1.14. The van der Waals surface area contributed by atoms with Crippen molar-refractivity contribution < 1.29 is 0 Å². The number of halogens is 1. The number of nitrogens with zero attached hydrogens (tertiary/aromatic N) is 1. The van der Waals surface area contributed by atoms with Gasteiger partial charge in [0.1, 0.15) is 0 Å². The Morgan fingerprint density at radius 1 is 1.25 bits per heavy atom. The largest absolute Gasteiger partial charge is 0.282 e. The van der Waals surface area contributed by atoms with Gasteiger partial charge in [-0.25, -0.2) is 0 Å². The summed E-state index contributed by atoms with van der Waals surface area (Å²) in [7, 11) is 0. The Morgan fingerprint density at radius 3 is 2.69 bits per heavy atom. The highest BCUT2D eigenvalue weighted by Crippen LogP contribution is 2.15. The molecular weight excluding hydrogens is 264 g/mol. The van der Waals surface area contributed by atoms with Crippen LogP contribution in [0.4, 0.5) is 0 Å². The smallest absolute Gasteiger partial charge is 0.0657 e. The van der Waals surface area contributed by atoms with Gasteiger partial charge in [-0.05, 0) is 49.9 Å². The molecule has 0 fully saturated rings. The van der Waals surface area contributed by atoms with E-state index in [1.807, 2.05) is 6.07 Å². The van der Waals surface area contributed by atoms with Crippen LogP contribution in [-0.4, -0.2) is 10.2 Å². The highest BCUT2D eigenvalue weighted by Gasteiger charge is 2.05. The van der Waals surface area contributed by atoms with Crippen molar-refractivity contribution in [1.82, 2.24) is 10.2 Å². The van der Waals surface area contributed by atoms with Crippen molar-refractivity contribution >= 4 is 15.9 Å². The molecule has 2 nitrogen and oxygen atoms in total. The highest BCUT2D eigenvalue weighted by molar-refractivity contribution is 9.10. The minimum atomic E-state index is 0.993. The van der Waals surface area contributed by atoms with Gasteiger partial charge in [0.25, 0.3) is 0 Å². The van der Waals surface area contributed by atoms with Gasteiger partial charge in [0.15, 0.2) is 0 Å². The fraction of sp³-hybridized carbons (Fsp3) is 0.308. The Bertz CT molecular complexity index is 488. The summed E-state index contributed by atoms with van der Waals surface area (Å²) in [6.07, 6.45) is 2.02. The molecule has 1 aromatic heterocycles. The van der Waals surface area contributed by atoms with E-state index in [0.717, 1.165) is 17.3 Å². The molecule has 0 saturated carbocycles. The molecule has 0 radical (unpaired) electrons. The number of benzene rings is 1. The number of nitrogens with one attached hydrogen (secondary N) is 1. The lowest BCUT2D eigenvalue weighted by Gasteiger charge is -2.01. The molecule has 0 aliphatic rings. The number of aryl methyl sites for hydroxylation is 3. The van der Waals surface area contributed by atoms with Crippen LogP contribution in [0.15, 0.2) is 28.7 Å². The third-order valence-electron chi connectivity index (χ3n) is 2.89. The Labute approximate surface area is 104 Å². The number of rotatable bonds is 3. The van der Waals surface area contributed by atoms with E-state index in [0.29, 0.717) is 0 Å². The van der Waals surface area contributed by atoms with Gasteiger partial charge in [-0.1, -0.05) is 28.1 Å². The molecule has 1 aromatic carbocycles. The fourth-order valence-electron chi connectivity index (χ4n) is 1.73. The average Bonchev–Trinajstić information content (AvgIpc) is 2.57. The molecule has 84 valence electrons. The molecule has 1 N–H and O–H groups in total. The van der Waals surface area contributed by atoms with E-state index in [1.165, 1.54) is 22.5 Å². The van der Waals surface area contributed by atoms with Crippen LogP contribution in [0, 0.1) is 13.8 Å². The van der Waals surface area contributed by atoms with Gasteiger partial charge in [-0.3, -0.25) is 5.10 Å². The Kier molecular flexibility index (Phi) is 3.44. The normalized spacial score (nSPS) is 10.7. The Morgan fingerprint density at radius 2 is 2.06 bits per heavy atom. The quantitative estimate of drug-likeness (QED) is 0.914. The standard InChI is InChI=1S/C13H15BrN2/c1-9-10(2)15-16-13(9)7-6-11-4-3-5-12(14)8-11/h3-5,8H,6-7H2,1-2H3,(H,15,16). The zero-order chi connectivity index (χ0) is 11.5. The molecule has 0 saturated heterocycles. The van der Waals surface area contributed by atoms with Gasteiger partial charge in [-0.15, -0.1) is 0 Å². The number of hydrogen-bond acceptors (Lipinski definition) is 1. The van der Waals surface area contributed by atoms with Crippen LogP contribution in [0.25, 0.3) is 0 Å². The summed E-state index contributed by atoms with van der Waals surface area (Å²) in [6, 6.07) is 8.43. The van der Waals surface area contributed by atoms with Crippen molar-refractivity contribution in [1.29, 1.82) is 0 Å². The summed E-state index contributed by atoms with van der Waals surface area (Å²) in [4.78, 5) is 0. The lowest BCUT2D eigenvalue weighted by atomic mass is 10.1. The lowest BCUT2D eigenvalue weighted by molar-refractivity contribution is 0.884. The molecule has 0 aliphatic carbocycles. The van der Waals surface area contributed by atoms with Crippen molar-refractivity contribution in [2.75, 3.05) is 0 Å². The second-order valence-corrected chi connectivity index (χ2v) is 4.97. The van der Waals surface area contributed by atoms with Gasteiger partial charge >= 0.3 is 0 Å². The van der Waals surface area contributed by atoms with E-state index < -0.39 is 0 Å². The minimum absolute atomic E-state index is 0.993. The first-order valence-corrected chi connectivity index (χ1v) is 6.21. The third-order valence-corrected chi connectivity index (χ3v) is 3.39. The molecule has 2 aromatic rings. The topological polar surface area (TPSA) is 28.7 Å². The lowest BCUT2D eigenvalue weighted by Crippen LogP contribution is -1.93. The molecule has 16 heavy (non-hydrogen) atoms. The maximum absolute atomic E-state index is 4.32. The number of hydrogen-bond donors (Lipinski definition) is 1. The van der Waals surface area contributed by atoms with Crippen LogP contribution in [0.5, 0.6) is 0 Å². The number of aromatic amines is 1. The van der Waals surface area contributed by atoms with E-state index in [-0.39, 0.29) is 0 Å². The van der Waals surface area contributed by atoms with Crippen LogP contribution >= 0.6 is 15.9 Å². The van der Waals surface area contributed by atoms with E-state index in [9.17, 15) is 0 Å². The first-order chi connectivity index (χ1) is 7.66. The van der Waals surface area contributed by atoms with Gasteiger partial charge in [0.05, 0.1) is 5.69 Å². The zero-order valence-corrected chi connectivity index (χ0v) is 11.1. The molecule has 0 unspecified atom stereocenters. The van der Waals surface area contributed by atoms with Crippen LogP contribution in [0.3, 0.4) is 0 Å². The maximum Gasteiger partial charge on any atom is 0.0657 e. The molecule has 0 atom stereocenters. The highest BCUT2D eigenvalue weighted by atomic mass is 79.9. The molecule has 0 aliphatic heterocycles. The summed E-state index contributed by atoms with van der Waals surface area (Å²) in [5, 5.41) is 7.34. The van der Waals surface area contributed by atoms with Crippen LogP contribution in [0.1, 0.15) is 22.5 Å². The first-order valence-electron chi connectivity index (χ1n) is 5.41.